The van der Waals surface area contributed by atoms with E-state index in [1.165, 1.54) is 12.0 Å². The number of nitrogens with one attached hydrogen (secondary N) is 2. The molecule has 2 N–H and O–H groups in total. The molecule has 0 radical (unpaired) electrons. The van der Waals surface area contributed by atoms with E-state index >= 15 is 0 Å². The highest BCUT2D eigenvalue weighted by Crippen LogP contribution is 2.23. The van der Waals surface area contributed by atoms with Crippen LogP contribution in [-0.4, -0.2) is 61.1 Å². The molecule has 1 rings (SSSR count). The topological polar surface area (TPSA) is 114 Å². The highest BCUT2D eigenvalue weighted by molar-refractivity contribution is 5.91. The first-order valence-corrected chi connectivity index (χ1v) is 10.2. The van der Waals surface area contributed by atoms with E-state index in [2.05, 4.69) is 15.4 Å². The number of ether oxygens (including phenoxy) is 2. The van der Waals surface area contributed by atoms with Gasteiger partial charge < -0.3 is 25.0 Å². The summed E-state index contributed by atoms with van der Waals surface area (Å²) in [5.74, 6) is -1.57. The maximum Gasteiger partial charge on any atom is 0.408 e. The molecular formula is C22H33N3O6. The molecule has 3 amide bonds. The van der Waals surface area contributed by atoms with Crippen LogP contribution in [0.25, 0.3) is 0 Å². The lowest BCUT2D eigenvalue weighted by Gasteiger charge is -2.31. The SMILES string of the molecule is CCCN(C(=O)CNC(=O)OC(C)(C)C)C(C(=O)NCC(=O)OC)c1cccc(C)c1. The zero-order valence-electron chi connectivity index (χ0n) is 19.1. The van der Waals surface area contributed by atoms with Gasteiger partial charge in [-0.25, -0.2) is 4.79 Å². The van der Waals surface area contributed by atoms with Crippen molar-refractivity contribution in [2.75, 3.05) is 26.7 Å². The lowest BCUT2D eigenvalue weighted by atomic mass is 10.0. The van der Waals surface area contributed by atoms with Crippen molar-refractivity contribution in [1.82, 2.24) is 15.5 Å². The fraction of sp³-hybridized carbons (Fsp3) is 0.545. The van der Waals surface area contributed by atoms with E-state index < -0.39 is 35.5 Å². The van der Waals surface area contributed by atoms with Crippen LogP contribution >= 0.6 is 0 Å². The Morgan fingerprint density at radius 2 is 1.77 bits per heavy atom. The second kappa shape index (κ2) is 11.9. The minimum absolute atomic E-state index is 0.277. The molecule has 0 fully saturated rings. The first kappa shape index (κ1) is 25.9. The van der Waals surface area contributed by atoms with Gasteiger partial charge in [-0.2, -0.15) is 0 Å². The van der Waals surface area contributed by atoms with Crippen LogP contribution in [0.5, 0.6) is 0 Å². The van der Waals surface area contributed by atoms with E-state index in [1.54, 1.807) is 39.0 Å². The van der Waals surface area contributed by atoms with Gasteiger partial charge in [0, 0.05) is 6.54 Å². The third-order valence-electron chi connectivity index (χ3n) is 4.12. The maximum absolute atomic E-state index is 13.0. The zero-order valence-corrected chi connectivity index (χ0v) is 19.1. The third-order valence-corrected chi connectivity index (χ3v) is 4.12. The summed E-state index contributed by atoms with van der Waals surface area (Å²) in [4.78, 5) is 50.8. The number of benzene rings is 1. The van der Waals surface area contributed by atoms with Crippen molar-refractivity contribution in [1.29, 1.82) is 0 Å². The number of rotatable bonds is 9. The Hall–Kier alpha value is -3.10. The van der Waals surface area contributed by atoms with Gasteiger partial charge in [0.05, 0.1) is 7.11 Å². The zero-order chi connectivity index (χ0) is 23.6. The van der Waals surface area contributed by atoms with Crippen molar-refractivity contribution in [2.24, 2.45) is 0 Å². The van der Waals surface area contributed by atoms with Gasteiger partial charge >= 0.3 is 12.1 Å². The average molecular weight is 436 g/mol. The second-order valence-electron chi connectivity index (χ2n) is 8.05. The fourth-order valence-electron chi connectivity index (χ4n) is 2.84. The molecule has 0 aliphatic carbocycles. The second-order valence-corrected chi connectivity index (χ2v) is 8.05. The Bertz CT molecular complexity index is 788. The molecule has 0 aromatic heterocycles. The van der Waals surface area contributed by atoms with E-state index in [0.717, 1.165) is 5.56 Å². The number of carbonyl (C=O) groups excluding carboxylic acids is 4. The Morgan fingerprint density at radius 3 is 2.32 bits per heavy atom. The summed E-state index contributed by atoms with van der Waals surface area (Å²) in [6.07, 6.45) is -0.135. The lowest BCUT2D eigenvalue weighted by molar-refractivity contribution is -0.143. The summed E-state index contributed by atoms with van der Waals surface area (Å²) < 4.78 is 9.73. The van der Waals surface area contributed by atoms with Crippen LogP contribution in [0.4, 0.5) is 4.79 Å². The molecule has 1 aromatic carbocycles. The van der Waals surface area contributed by atoms with Gasteiger partial charge in [0.25, 0.3) is 0 Å². The van der Waals surface area contributed by atoms with Gasteiger partial charge in [-0.15, -0.1) is 0 Å². The molecule has 0 aliphatic rings. The highest BCUT2D eigenvalue weighted by atomic mass is 16.6. The monoisotopic (exact) mass is 435 g/mol. The average Bonchev–Trinajstić information content (AvgIpc) is 2.68. The van der Waals surface area contributed by atoms with Gasteiger partial charge in [0.1, 0.15) is 24.7 Å². The van der Waals surface area contributed by atoms with Crippen LogP contribution in [-0.2, 0) is 23.9 Å². The van der Waals surface area contributed by atoms with E-state index in [9.17, 15) is 19.2 Å². The molecule has 1 aromatic rings. The van der Waals surface area contributed by atoms with Crippen LogP contribution in [0.3, 0.4) is 0 Å². The summed E-state index contributed by atoms with van der Waals surface area (Å²) in [7, 11) is 1.22. The van der Waals surface area contributed by atoms with Crippen molar-refractivity contribution < 1.29 is 28.7 Å². The lowest BCUT2D eigenvalue weighted by Crippen LogP contribution is -2.48. The number of esters is 1. The minimum Gasteiger partial charge on any atom is -0.468 e. The van der Waals surface area contributed by atoms with E-state index in [-0.39, 0.29) is 19.6 Å². The molecular weight excluding hydrogens is 402 g/mol. The van der Waals surface area contributed by atoms with Crippen molar-refractivity contribution in [2.45, 2.75) is 52.7 Å². The number of amides is 3. The van der Waals surface area contributed by atoms with Crippen LogP contribution in [0, 0.1) is 6.92 Å². The predicted molar refractivity (Wildman–Crippen MR) is 115 cm³/mol. The van der Waals surface area contributed by atoms with Crippen LogP contribution in [0.15, 0.2) is 24.3 Å². The van der Waals surface area contributed by atoms with E-state index in [0.29, 0.717) is 12.0 Å². The molecule has 1 atom stereocenters. The normalized spacial score (nSPS) is 11.8. The van der Waals surface area contributed by atoms with Gasteiger partial charge in [-0.1, -0.05) is 36.8 Å². The van der Waals surface area contributed by atoms with Crippen LogP contribution < -0.4 is 10.6 Å². The summed E-state index contributed by atoms with van der Waals surface area (Å²) in [5.41, 5.74) is 0.814. The Morgan fingerprint density at radius 1 is 1.10 bits per heavy atom. The van der Waals surface area contributed by atoms with Gasteiger partial charge in [-0.3, -0.25) is 14.4 Å². The van der Waals surface area contributed by atoms with Gasteiger partial charge in [0.2, 0.25) is 11.8 Å². The van der Waals surface area contributed by atoms with Crippen molar-refractivity contribution in [3.8, 4) is 0 Å². The number of nitrogens with zero attached hydrogens (tertiary/aromatic N) is 1. The molecule has 0 bridgehead atoms. The van der Waals surface area contributed by atoms with Gasteiger partial charge in [0.15, 0.2) is 0 Å². The molecule has 0 heterocycles. The summed E-state index contributed by atoms with van der Waals surface area (Å²) in [6.45, 7) is 8.54. The Kier molecular flexibility index (Phi) is 9.98. The summed E-state index contributed by atoms with van der Waals surface area (Å²) >= 11 is 0. The van der Waals surface area contributed by atoms with Crippen molar-refractivity contribution in [3.63, 3.8) is 0 Å². The number of methoxy groups -OCH3 is 1. The Balaban J connectivity index is 3.11. The number of carbonyl (C=O) groups is 4. The predicted octanol–water partition coefficient (Wildman–Crippen LogP) is 2.09. The molecule has 1 unspecified atom stereocenters. The van der Waals surface area contributed by atoms with Crippen LogP contribution in [0.2, 0.25) is 0 Å². The first-order valence-electron chi connectivity index (χ1n) is 10.2. The van der Waals surface area contributed by atoms with Crippen molar-refractivity contribution >= 4 is 23.9 Å². The fourth-order valence-corrected chi connectivity index (χ4v) is 2.84. The van der Waals surface area contributed by atoms with E-state index in [4.69, 9.17) is 4.74 Å². The highest BCUT2D eigenvalue weighted by Gasteiger charge is 2.31. The number of hydrogen-bond acceptors (Lipinski definition) is 6. The molecule has 0 aliphatic heterocycles. The van der Waals surface area contributed by atoms with E-state index in [1.807, 2.05) is 19.9 Å². The number of aryl methyl sites for hydroxylation is 1. The minimum atomic E-state index is -0.975. The molecule has 0 saturated heterocycles. The molecule has 0 saturated carbocycles. The maximum atomic E-state index is 13.0. The largest absolute Gasteiger partial charge is 0.468 e. The molecule has 9 nitrogen and oxygen atoms in total. The van der Waals surface area contributed by atoms with Crippen molar-refractivity contribution in [3.05, 3.63) is 35.4 Å². The molecule has 0 spiro atoms. The number of alkyl carbamates (subject to hydrolysis) is 1. The number of hydrogen-bond donors (Lipinski definition) is 2. The van der Waals surface area contributed by atoms with Crippen LogP contribution in [0.1, 0.15) is 51.3 Å². The molecule has 172 valence electrons. The summed E-state index contributed by atoms with van der Waals surface area (Å²) in [5, 5.41) is 4.96. The smallest absolute Gasteiger partial charge is 0.408 e. The Labute approximate surface area is 183 Å². The first-order chi connectivity index (χ1) is 14.5. The summed E-state index contributed by atoms with van der Waals surface area (Å²) in [6, 6.07) is 6.24. The standard InChI is InChI=1S/C22H33N3O6/c1-7-11-25(17(26)13-24-21(29)31-22(3,4)5)19(16-10-8-9-15(2)12-16)20(28)23-14-18(27)30-6/h8-10,12,19H,7,11,13-14H2,1-6H3,(H,23,28)(H,24,29). The molecule has 31 heavy (non-hydrogen) atoms. The third kappa shape index (κ3) is 9.06. The quantitative estimate of drug-likeness (QED) is 0.574. The van der Waals surface area contributed by atoms with Gasteiger partial charge in [-0.05, 0) is 39.7 Å². The molecule has 9 heteroatoms.